The van der Waals surface area contributed by atoms with Gasteiger partial charge < -0.3 is 14.7 Å². The highest BCUT2D eigenvalue weighted by molar-refractivity contribution is 5.78. The predicted molar refractivity (Wildman–Crippen MR) is 92.5 cm³/mol. The minimum Gasteiger partial charge on any atom is -0.390 e. The third kappa shape index (κ3) is 4.19. The summed E-state index contributed by atoms with van der Waals surface area (Å²) in [4.78, 5) is 16.2. The van der Waals surface area contributed by atoms with E-state index in [2.05, 4.69) is 0 Å². The molecule has 1 N–H and O–H groups in total. The van der Waals surface area contributed by atoms with Gasteiger partial charge in [0.05, 0.1) is 18.2 Å². The molecule has 1 unspecified atom stereocenters. The van der Waals surface area contributed by atoms with Crippen LogP contribution in [0.25, 0.3) is 0 Å². The average molecular weight is 350 g/mol. The largest absolute Gasteiger partial charge is 0.390 e. The summed E-state index contributed by atoms with van der Waals surface area (Å²) in [6.07, 6.45) is 2.60. The number of ether oxygens (including phenoxy) is 1. The van der Waals surface area contributed by atoms with Crippen molar-refractivity contribution in [3.8, 4) is 0 Å². The molecule has 1 atom stereocenters. The van der Waals surface area contributed by atoms with Crippen LogP contribution in [0, 0.1) is 5.82 Å². The second-order valence-electron chi connectivity index (χ2n) is 7.22. The van der Waals surface area contributed by atoms with E-state index in [9.17, 15) is 14.3 Å². The number of carbonyl (C=O) groups excluding carboxylic acids is 1. The Bertz CT molecular complexity index is 602. The Morgan fingerprint density at radius 2 is 2.12 bits per heavy atom. The van der Waals surface area contributed by atoms with Crippen LogP contribution in [0.5, 0.6) is 0 Å². The predicted octanol–water partition coefficient (Wildman–Crippen LogP) is 1.79. The molecular formula is C19H27FN2O3. The molecule has 0 aromatic heterocycles. The number of likely N-dealkylation sites (N-methyl/N-ethyl adjacent to an activating group) is 1. The molecule has 1 amide bonds. The number of amides is 1. The first-order valence-corrected chi connectivity index (χ1v) is 9.02. The molecule has 1 spiro atoms. The molecule has 0 saturated carbocycles. The van der Waals surface area contributed by atoms with Crippen LogP contribution in [0.3, 0.4) is 0 Å². The van der Waals surface area contributed by atoms with E-state index in [0.29, 0.717) is 44.6 Å². The fourth-order valence-electron chi connectivity index (χ4n) is 3.83. The maximum Gasteiger partial charge on any atom is 0.236 e. The molecule has 2 fully saturated rings. The summed E-state index contributed by atoms with van der Waals surface area (Å²) in [5.41, 5.74) is 0.128. The van der Waals surface area contributed by atoms with Gasteiger partial charge in [-0.05, 0) is 38.8 Å². The molecule has 6 heteroatoms. The number of hydrogen-bond acceptors (Lipinski definition) is 4. The van der Waals surface area contributed by atoms with Crippen molar-refractivity contribution < 1.29 is 19.0 Å². The van der Waals surface area contributed by atoms with E-state index in [1.807, 2.05) is 16.8 Å². The highest BCUT2D eigenvalue weighted by atomic mass is 19.1. The van der Waals surface area contributed by atoms with E-state index < -0.39 is 11.7 Å². The average Bonchev–Trinajstić information content (AvgIpc) is 2.60. The van der Waals surface area contributed by atoms with Gasteiger partial charge in [0.2, 0.25) is 5.91 Å². The van der Waals surface area contributed by atoms with Gasteiger partial charge in [-0.25, -0.2) is 4.39 Å². The number of rotatable bonds is 4. The molecule has 2 aliphatic heterocycles. The normalized spacial score (nSPS) is 23.2. The Kier molecular flexibility index (Phi) is 5.71. The maximum atomic E-state index is 13.7. The number of aliphatic hydroxyl groups excluding tert-OH is 1. The van der Waals surface area contributed by atoms with E-state index in [1.165, 1.54) is 6.07 Å². The van der Waals surface area contributed by atoms with Crippen LogP contribution < -0.4 is 0 Å². The number of benzene rings is 1. The SMILES string of the molecule is CN(CC(=O)N1CCC2(CC1)OCCCC2O)Cc1ccccc1F. The highest BCUT2D eigenvalue weighted by Gasteiger charge is 2.44. The molecule has 2 aliphatic rings. The molecule has 25 heavy (non-hydrogen) atoms. The van der Waals surface area contributed by atoms with Crippen LogP contribution in [0.1, 0.15) is 31.2 Å². The zero-order valence-electron chi connectivity index (χ0n) is 14.8. The minimum atomic E-state index is -0.464. The summed E-state index contributed by atoms with van der Waals surface area (Å²) in [6, 6.07) is 6.64. The summed E-state index contributed by atoms with van der Waals surface area (Å²) in [5, 5.41) is 10.3. The van der Waals surface area contributed by atoms with Crippen molar-refractivity contribution in [1.29, 1.82) is 0 Å². The van der Waals surface area contributed by atoms with E-state index in [4.69, 9.17) is 4.74 Å². The van der Waals surface area contributed by atoms with E-state index in [1.54, 1.807) is 18.2 Å². The fourth-order valence-corrected chi connectivity index (χ4v) is 3.83. The third-order valence-corrected chi connectivity index (χ3v) is 5.38. The number of halogens is 1. The lowest BCUT2D eigenvalue weighted by molar-refractivity contribution is -0.179. The van der Waals surface area contributed by atoms with Crippen molar-refractivity contribution >= 4 is 5.91 Å². The van der Waals surface area contributed by atoms with Gasteiger partial charge in [-0.1, -0.05) is 18.2 Å². The second-order valence-corrected chi connectivity index (χ2v) is 7.22. The van der Waals surface area contributed by atoms with Crippen LogP contribution in [-0.4, -0.2) is 65.8 Å². The van der Waals surface area contributed by atoms with Gasteiger partial charge in [0.15, 0.2) is 0 Å². The van der Waals surface area contributed by atoms with Crippen molar-refractivity contribution in [1.82, 2.24) is 9.80 Å². The van der Waals surface area contributed by atoms with Gasteiger partial charge in [0.1, 0.15) is 5.82 Å². The molecule has 3 rings (SSSR count). The second kappa shape index (κ2) is 7.81. The van der Waals surface area contributed by atoms with Gasteiger partial charge in [-0.2, -0.15) is 0 Å². The Labute approximate surface area is 148 Å². The molecule has 5 nitrogen and oxygen atoms in total. The number of piperidine rings is 1. The number of hydrogen-bond donors (Lipinski definition) is 1. The molecule has 1 aromatic carbocycles. The number of likely N-dealkylation sites (tertiary alicyclic amines) is 1. The lowest BCUT2D eigenvalue weighted by Gasteiger charge is -2.46. The van der Waals surface area contributed by atoms with Gasteiger partial charge in [-0.15, -0.1) is 0 Å². The summed E-state index contributed by atoms with van der Waals surface area (Å²) in [6.45, 7) is 2.55. The number of nitrogens with zero attached hydrogens (tertiary/aromatic N) is 2. The lowest BCUT2D eigenvalue weighted by atomic mass is 9.82. The third-order valence-electron chi connectivity index (χ3n) is 5.38. The number of aliphatic hydroxyl groups is 1. The lowest BCUT2D eigenvalue weighted by Crippen LogP contribution is -2.56. The van der Waals surface area contributed by atoms with Crippen molar-refractivity contribution in [2.75, 3.05) is 33.3 Å². The summed E-state index contributed by atoms with van der Waals surface area (Å²) < 4.78 is 19.6. The molecule has 0 aliphatic carbocycles. The Morgan fingerprint density at radius 3 is 2.80 bits per heavy atom. The molecule has 138 valence electrons. The zero-order valence-corrected chi connectivity index (χ0v) is 14.8. The van der Waals surface area contributed by atoms with Crippen molar-refractivity contribution in [2.45, 2.75) is 43.9 Å². The molecule has 2 heterocycles. The smallest absolute Gasteiger partial charge is 0.236 e. The summed E-state index contributed by atoms with van der Waals surface area (Å²) in [7, 11) is 1.82. The first-order chi connectivity index (χ1) is 12.0. The first-order valence-electron chi connectivity index (χ1n) is 9.02. The van der Waals surface area contributed by atoms with Crippen LogP contribution >= 0.6 is 0 Å². The molecule has 0 bridgehead atoms. The van der Waals surface area contributed by atoms with Gasteiger partial charge in [-0.3, -0.25) is 9.69 Å². The fraction of sp³-hybridized carbons (Fsp3) is 0.632. The Hall–Kier alpha value is -1.50. The van der Waals surface area contributed by atoms with Crippen LogP contribution in [0.2, 0.25) is 0 Å². The van der Waals surface area contributed by atoms with Crippen LogP contribution in [0.4, 0.5) is 4.39 Å². The minimum absolute atomic E-state index is 0.0407. The molecule has 1 aromatic rings. The Balaban J connectivity index is 1.50. The van der Waals surface area contributed by atoms with Crippen molar-refractivity contribution in [3.05, 3.63) is 35.6 Å². The highest BCUT2D eigenvalue weighted by Crippen LogP contribution is 2.35. The van der Waals surface area contributed by atoms with Gasteiger partial charge in [0, 0.05) is 31.8 Å². The quantitative estimate of drug-likeness (QED) is 0.900. The van der Waals surface area contributed by atoms with E-state index in [-0.39, 0.29) is 18.3 Å². The van der Waals surface area contributed by atoms with Gasteiger partial charge >= 0.3 is 0 Å². The monoisotopic (exact) mass is 350 g/mol. The molecular weight excluding hydrogens is 323 g/mol. The molecule has 0 radical (unpaired) electrons. The van der Waals surface area contributed by atoms with E-state index in [0.717, 1.165) is 12.8 Å². The van der Waals surface area contributed by atoms with Crippen LogP contribution in [0.15, 0.2) is 24.3 Å². The summed E-state index contributed by atoms with van der Waals surface area (Å²) in [5.74, 6) is -0.205. The first kappa shape index (κ1) is 18.3. The van der Waals surface area contributed by atoms with E-state index >= 15 is 0 Å². The Morgan fingerprint density at radius 1 is 1.40 bits per heavy atom. The van der Waals surface area contributed by atoms with Crippen LogP contribution in [-0.2, 0) is 16.1 Å². The zero-order chi connectivity index (χ0) is 17.9. The van der Waals surface area contributed by atoms with Gasteiger partial charge in [0.25, 0.3) is 0 Å². The summed E-state index contributed by atoms with van der Waals surface area (Å²) >= 11 is 0. The van der Waals surface area contributed by atoms with Crippen molar-refractivity contribution in [2.24, 2.45) is 0 Å². The molecule has 2 saturated heterocycles. The maximum absolute atomic E-state index is 13.7. The standard InChI is InChI=1S/C19H27FN2O3/c1-21(13-15-5-2-3-6-16(15)20)14-18(24)22-10-8-19(9-11-22)17(23)7-4-12-25-19/h2-3,5-6,17,23H,4,7-14H2,1H3. The topological polar surface area (TPSA) is 53.0 Å². The number of carbonyl (C=O) groups is 1. The van der Waals surface area contributed by atoms with Crippen molar-refractivity contribution in [3.63, 3.8) is 0 Å².